The van der Waals surface area contributed by atoms with E-state index in [1.807, 2.05) is 23.6 Å². The zero-order valence-electron chi connectivity index (χ0n) is 12.1. The topological polar surface area (TPSA) is 41.6 Å². The van der Waals surface area contributed by atoms with E-state index in [2.05, 4.69) is 11.6 Å². The van der Waals surface area contributed by atoms with Crippen LogP contribution in [0.25, 0.3) is 0 Å². The average molecular weight is 286 g/mol. The van der Waals surface area contributed by atoms with Crippen LogP contribution in [0.4, 0.5) is 0 Å². The fraction of sp³-hybridized carbons (Fsp3) is 0.929. The Kier molecular flexibility index (Phi) is 5.98. The molecule has 0 aromatic heterocycles. The summed E-state index contributed by atoms with van der Waals surface area (Å²) < 4.78 is 5.30. The Morgan fingerprint density at radius 3 is 2.68 bits per heavy atom. The normalized spacial score (nSPS) is 30.1. The van der Waals surface area contributed by atoms with E-state index in [9.17, 15) is 4.79 Å². The van der Waals surface area contributed by atoms with Crippen LogP contribution in [-0.4, -0.2) is 60.7 Å². The van der Waals surface area contributed by atoms with Crippen molar-refractivity contribution in [3.63, 3.8) is 0 Å². The molecule has 2 rings (SSSR count). The lowest BCUT2D eigenvalue weighted by Crippen LogP contribution is -2.53. The second-order valence-corrected chi connectivity index (χ2v) is 6.57. The predicted molar refractivity (Wildman–Crippen MR) is 79.6 cm³/mol. The number of nitrogens with one attached hydrogen (secondary N) is 1. The van der Waals surface area contributed by atoms with Gasteiger partial charge in [-0.3, -0.25) is 4.79 Å². The van der Waals surface area contributed by atoms with Crippen LogP contribution >= 0.6 is 11.8 Å². The molecule has 1 heterocycles. The molecule has 1 saturated carbocycles. The van der Waals surface area contributed by atoms with E-state index in [4.69, 9.17) is 4.74 Å². The zero-order valence-corrected chi connectivity index (χ0v) is 12.9. The molecule has 2 aliphatic rings. The third-order valence-electron chi connectivity index (χ3n) is 4.16. The van der Waals surface area contributed by atoms with Crippen LogP contribution in [0, 0.1) is 0 Å². The van der Waals surface area contributed by atoms with Gasteiger partial charge >= 0.3 is 0 Å². The lowest BCUT2D eigenvalue weighted by Gasteiger charge is -2.35. The highest BCUT2D eigenvalue weighted by atomic mass is 32.2. The second-order valence-electron chi connectivity index (χ2n) is 5.49. The van der Waals surface area contributed by atoms with Gasteiger partial charge in [0.15, 0.2) is 0 Å². The minimum Gasteiger partial charge on any atom is -0.378 e. The molecule has 0 aromatic carbocycles. The molecule has 0 radical (unpaired) electrons. The van der Waals surface area contributed by atoms with Crippen LogP contribution in [0.1, 0.15) is 32.6 Å². The van der Waals surface area contributed by atoms with E-state index in [1.165, 1.54) is 25.7 Å². The lowest BCUT2D eigenvalue weighted by molar-refractivity contribution is -0.137. The van der Waals surface area contributed by atoms with Gasteiger partial charge in [0.25, 0.3) is 0 Å². The van der Waals surface area contributed by atoms with Crippen molar-refractivity contribution in [3.05, 3.63) is 0 Å². The SMILES string of the molecule is CSC1CCCCC1NC(C)C(=O)N1CCOCC1. The van der Waals surface area contributed by atoms with Gasteiger partial charge in [0.1, 0.15) is 0 Å². The summed E-state index contributed by atoms with van der Waals surface area (Å²) in [5.74, 6) is 0.230. The molecule has 1 N–H and O–H groups in total. The number of carbonyl (C=O) groups is 1. The first kappa shape index (κ1) is 15.1. The number of thioether (sulfide) groups is 1. The van der Waals surface area contributed by atoms with Crippen molar-refractivity contribution in [2.24, 2.45) is 0 Å². The fourth-order valence-electron chi connectivity index (χ4n) is 3.02. The molecular formula is C14H26N2O2S. The van der Waals surface area contributed by atoms with E-state index in [0.29, 0.717) is 24.5 Å². The first-order valence-electron chi connectivity index (χ1n) is 7.37. The van der Waals surface area contributed by atoms with Gasteiger partial charge in [0, 0.05) is 24.4 Å². The minimum atomic E-state index is -0.0733. The Morgan fingerprint density at radius 2 is 2.00 bits per heavy atom. The van der Waals surface area contributed by atoms with Gasteiger partial charge in [0.05, 0.1) is 19.3 Å². The number of carbonyl (C=O) groups excluding carboxylic acids is 1. The van der Waals surface area contributed by atoms with Gasteiger partial charge in [-0.2, -0.15) is 11.8 Å². The van der Waals surface area contributed by atoms with Crippen LogP contribution in [0.15, 0.2) is 0 Å². The van der Waals surface area contributed by atoms with Crippen LogP contribution in [0.2, 0.25) is 0 Å². The molecule has 4 nitrogen and oxygen atoms in total. The molecule has 1 aliphatic carbocycles. The van der Waals surface area contributed by atoms with Gasteiger partial charge in [-0.1, -0.05) is 12.8 Å². The number of ether oxygens (including phenoxy) is 1. The molecule has 1 aliphatic heterocycles. The van der Waals surface area contributed by atoms with Crippen molar-refractivity contribution in [1.82, 2.24) is 10.2 Å². The predicted octanol–water partition coefficient (Wildman–Crippen LogP) is 1.50. The lowest BCUT2D eigenvalue weighted by atomic mass is 9.94. The number of morpholine rings is 1. The zero-order chi connectivity index (χ0) is 13.7. The van der Waals surface area contributed by atoms with E-state index in [0.717, 1.165) is 13.1 Å². The third-order valence-corrected chi connectivity index (χ3v) is 5.33. The summed E-state index contributed by atoms with van der Waals surface area (Å²) in [5.41, 5.74) is 0. The Labute approximate surface area is 120 Å². The van der Waals surface area contributed by atoms with Crippen molar-refractivity contribution in [1.29, 1.82) is 0 Å². The van der Waals surface area contributed by atoms with Crippen LogP contribution in [0.3, 0.4) is 0 Å². The van der Waals surface area contributed by atoms with Crippen LogP contribution < -0.4 is 5.32 Å². The van der Waals surface area contributed by atoms with Crippen LogP contribution in [-0.2, 0) is 9.53 Å². The van der Waals surface area contributed by atoms with Gasteiger partial charge < -0.3 is 15.0 Å². The van der Waals surface area contributed by atoms with Gasteiger partial charge in [-0.05, 0) is 26.0 Å². The molecule has 0 spiro atoms. The Morgan fingerprint density at radius 1 is 1.32 bits per heavy atom. The quantitative estimate of drug-likeness (QED) is 0.850. The summed E-state index contributed by atoms with van der Waals surface area (Å²) >= 11 is 1.94. The average Bonchev–Trinajstić information content (AvgIpc) is 2.48. The van der Waals surface area contributed by atoms with Crippen molar-refractivity contribution < 1.29 is 9.53 Å². The maximum atomic E-state index is 12.4. The van der Waals surface area contributed by atoms with Crippen molar-refractivity contribution in [2.45, 2.75) is 49.9 Å². The molecule has 3 unspecified atom stereocenters. The van der Waals surface area contributed by atoms with E-state index in [-0.39, 0.29) is 11.9 Å². The molecule has 5 heteroatoms. The molecule has 110 valence electrons. The summed E-state index contributed by atoms with van der Waals surface area (Å²) in [6, 6.07) is 0.416. The van der Waals surface area contributed by atoms with Crippen molar-refractivity contribution in [2.75, 3.05) is 32.6 Å². The smallest absolute Gasteiger partial charge is 0.239 e. The van der Waals surface area contributed by atoms with E-state index in [1.54, 1.807) is 0 Å². The summed E-state index contributed by atoms with van der Waals surface area (Å²) in [6.07, 6.45) is 7.27. The summed E-state index contributed by atoms with van der Waals surface area (Å²) in [4.78, 5) is 14.3. The molecule has 1 saturated heterocycles. The maximum absolute atomic E-state index is 12.4. The number of hydrogen-bond acceptors (Lipinski definition) is 4. The highest BCUT2D eigenvalue weighted by Crippen LogP contribution is 2.27. The Hall–Kier alpha value is -0.260. The highest BCUT2D eigenvalue weighted by Gasteiger charge is 2.29. The number of rotatable bonds is 4. The summed E-state index contributed by atoms with van der Waals surface area (Å²) in [7, 11) is 0. The number of amides is 1. The number of nitrogens with zero attached hydrogens (tertiary/aromatic N) is 1. The largest absolute Gasteiger partial charge is 0.378 e. The molecule has 0 aromatic rings. The van der Waals surface area contributed by atoms with E-state index >= 15 is 0 Å². The monoisotopic (exact) mass is 286 g/mol. The molecule has 0 bridgehead atoms. The fourth-order valence-corrected chi connectivity index (χ4v) is 3.97. The number of hydrogen-bond donors (Lipinski definition) is 1. The van der Waals surface area contributed by atoms with Crippen LogP contribution in [0.5, 0.6) is 0 Å². The third kappa shape index (κ3) is 4.10. The highest BCUT2D eigenvalue weighted by molar-refractivity contribution is 7.99. The molecular weight excluding hydrogens is 260 g/mol. The van der Waals surface area contributed by atoms with Gasteiger partial charge in [-0.25, -0.2) is 0 Å². The standard InChI is InChI=1S/C14H26N2O2S/c1-11(14(17)16-7-9-18-10-8-16)15-12-5-3-4-6-13(12)19-2/h11-13,15H,3-10H2,1-2H3. The maximum Gasteiger partial charge on any atom is 0.239 e. The van der Waals surface area contributed by atoms with Crippen molar-refractivity contribution in [3.8, 4) is 0 Å². The van der Waals surface area contributed by atoms with Gasteiger partial charge in [0.2, 0.25) is 5.91 Å². The Balaban J connectivity index is 1.84. The molecule has 3 atom stereocenters. The van der Waals surface area contributed by atoms with Crippen molar-refractivity contribution >= 4 is 17.7 Å². The minimum absolute atomic E-state index is 0.0733. The molecule has 1 amide bonds. The van der Waals surface area contributed by atoms with E-state index < -0.39 is 0 Å². The molecule has 2 fully saturated rings. The second kappa shape index (κ2) is 7.50. The summed E-state index contributed by atoms with van der Waals surface area (Å²) in [6.45, 7) is 4.83. The summed E-state index contributed by atoms with van der Waals surface area (Å²) in [5, 5.41) is 4.22. The first-order valence-corrected chi connectivity index (χ1v) is 8.66. The molecule has 19 heavy (non-hydrogen) atoms. The first-order chi connectivity index (χ1) is 9.22. The van der Waals surface area contributed by atoms with Gasteiger partial charge in [-0.15, -0.1) is 0 Å². The Bertz CT molecular complexity index is 295.